The summed E-state index contributed by atoms with van der Waals surface area (Å²) in [5, 5.41) is 0. The topological polar surface area (TPSA) is 45.2 Å². The second-order valence-electron chi connectivity index (χ2n) is 11.0. The van der Waals surface area contributed by atoms with E-state index in [1.807, 2.05) is 53.4 Å². The van der Waals surface area contributed by atoms with Crippen LogP contribution in [0.4, 0.5) is 9.18 Å². The molecule has 3 aromatic rings. The Bertz CT molecular complexity index is 1230. The quantitative estimate of drug-likeness (QED) is 0.341. The summed E-state index contributed by atoms with van der Waals surface area (Å²) in [6.07, 6.45) is 1.82. The van der Waals surface area contributed by atoms with E-state index in [-0.39, 0.29) is 30.6 Å². The van der Waals surface area contributed by atoms with Crippen molar-refractivity contribution >= 4 is 6.09 Å². The Hall–Kier alpha value is -3.42. The van der Waals surface area contributed by atoms with Gasteiger partial charge in [0.15, 0.2) is 0 Å². The van der Waals surface area contributed by atoms with Gasteiger partial charge in [0.2, 0.25) is 0 Å². The number of ether oxygens (including phenoxy) is 2. The van der Waals surface area contributed by atoms with Crippen molar-refractivity contribution in [3.63, 3.8) is 0 Å². The number of nitrogens with zero attached hydrogens (tertiary/aromatic N) is 3. The van der Waals surface area contributed by atoms with Crippen LogP contribution in [0.5, 0.6) is 5.75 Å². The fourth-order valence-corrected chi connectivity index (χ4v) is 6.20. The maximum Gasteiger partial charge on any atom is 0.410 e. The SMILES string of the molecule is COc1ccc(CN2CCC([C@H](c3cccc(F)c3)N3CCN(C(=O)OCc4ccccc4)CC3C)CC2)cc1. The first-order chi connectivity index (χ1) is 19.5. The van der Waals surface area contributed by atoms with E-state index in [2.05, 4.69) is 34.9 Å². The summed E-state index contributed by atoms with van der Waals surface area (Å²) in [5.41, 5.74) is 3.29. The average molecular weight is 546 g/mol. The Morgan fingerprint density at radius 3 is 2.35 bits per heavy atom. The molecule has 0 N–H and O–H groups in total. The highest BCUT2D eigenvalue weighted by Gasteiger charge is 2.38. The van der Waals surface area contributed by atoms with E-state index in [0.29, 0.717) is 19.0 Å². The van der Waals surface area contributed by atoms with Crippen molar-refractivity contribution in [2.75, 3.05) is 39.8 Å². The van der Waals surface area contributed by atoms with Gasteiger partial charge < -0.3 is 14.4 Å². The number of halogens is 1. The maximum absolute atomic E-state index is 14.4. The van der Waals surface area contributed by atoms with Gasteiger partial charge in [-0.05, 0) is 79.7 Å². The number of piperidine rings is 1. The fraction of sp³-hybridized carbons (Fsp3) is 0.424. The van der Waals surface area contributed by atoms with Crippen LogP contribution in [0.3, 0.4) is 0 Å². The molecule has 5 rings (SSSR count). The summed E-state index contributed by atoms with van der Waals surface area (Å²) in [6, 6.07) is 25.4. The van der Waals surface area contributed by atoms with E-state index in [0.717, 1.165) is 55.9 Å². The first kappa shape index (κ1) is 28.1. The molecule has 2 fully saturated rings. The summed E-state index contributed by atoms with van der Waals surface area (Å²) in [6.45, 7) is 7.29. The number of carbonyl (C=O) groups excluding carboxylic acids is 1. The van der Waals surface area contributed by atoms with E-state index >= 15 is 0 Å². The van der Waals surface area contributed by atoms with Gasteiger partial charge in [-0.15, -0.1) is 0 Å². The Kier molecular flexibility index (Phi) is 9.34. The molecule has 1 unspecified atom stereocenters. The molecule has 7 heteroatoms. The van der Waals surface area contributed by atoms with Crippen LogP contribution in [0, 0.1) is 11.7 Å². The number of hydrogen-bond donors (Lipinski definition) is 0. The molecule has 1 amide bonds. The van der Waals surface area contributed by atoms with Crippen molar-refractivity contribution in [1.82, 2.24) is 14.7 Å². The normalized spacial score (nSPS) is 19.8. The third-order valence-corrected chi connectivity index (χ3v) is 8.33. The van der Waals surface area contributed by atoms with Crippen molar-refractivity contribution in [1.29, 1.82) is 0 Å². The Morgan fingerprint density at radius 1 is 0.925 bits per heavy atom. The molecule has 0 bridgehead atoms. The zero-order valence-corrected chi connectivity index (χ0v) is 23.5. The molecule has 0 radical (unpaired) electrons. The molecule has 0 spiro atoms. The molecule has 2 heterocycles. The summed E-state index contributed by atoms with van der Waals surface area (Å²) >= 11 is 0. The Balaban J connectivity index is 1.22. The number of piperazine rings is 1. The van der Waals surface area contributed by atoms with Crippen LogP contribution in [0.2, 0.25) is 0 Å². The van der Waals surface area contributed by atoms with Gasteiger partial charge in [-0.2, -0.15) is 0 Å². The Morgan fingerprint density at radius 2 is 1.68 bits per heavy atom. The van der Waals surface area contributed by atoms with Gasteiger partial charge in [0.25, 0.3) is 0 Å². The van der Waals surface area contributed by atoms with Crippen LogP contribution in [-0.4, -0.2) is 66.7 Å². The van der Waals surface area contributed by atoms with E-state index in [9.17, 15) is 9.18 Å². The van der Waals surface area contributed by atoms with Crippen LogP contribution in [0.25, 0.3) is 0 Å². The van der Waals surface area contributed by atoms with Gasteiger partial charge in [0, 0.05) is 38.3 Å². The van der Waals surface area contributed by atoms with Crippen molar-refractivity contribution in [3.8, 4) is 5.75 Å². The molecule has 2 saturated heterocycles. The number of carbonyl (C=O) groups is 1. The number of likely N-dealkylation sites (tertiary alicyclic amines) is 1. The lowest BCUT2D eigenvalue weighted by molar-refractivity contribution is 0.00476. The molecular weight excluding hydrogens is 505 g/mol. The number of benzene rings is 3. The number of rotatable bonds is 8. The number of amides is 1. The van der Waals surface area contributed by atoms with Gasteiger partial charge >= 0.3 is 6.09 Å². The summed E-state index contributed by atoms with van der Waals surface area (Å²) in [4.78, 5) is 19.7. The average Bonchev–Trinajstić information content (AvgIpc) is 2.98. The van der Waals surface area contributed by atoms with Crippen LogP contribution in [0.1, 0.15) is 42.5 Å². The molecule has 2 aliphatic rings. The summed E-state index contributed by atoms with van der Waals surface area (Å²) in [7, 11) is 1.69. The van der Waals surface area contributed by atoms with Crippen LogP contribution in [-0.2, 0) is 17.9 Å². The third-order valence-electron chi connectivity index (χ3n) is 8.33. The highest BCUT2D eigenvalue weighted by molar-refractivity contribution is 5.67. The van der Waals surface area contributed by atoms with Gasteiger partial charge in [0.1, 0.15) is 18.2 Å². The zero-order chi connectivity index (χ0) is 27.9. The third kappa shape index (κ3) is 7.01. The monoisotopic (exact) mass is 545 g/mol. The second kappa shape index (κ2) is 13.3. The molecule has 40 heavy (non-hydrogen) atoms. The molecule has 2 aliphatic heterocycles. The largest absolute Gasteiger partial charge is 0.497 e. The van der Waals surface area contributed by atoms with E-state index < -0.39 is 0 Å². The Labute approximate surface area is 237 Å². The van der Waals surface area contributed by atoms with Gasteiger partial charge in [-0.1, -0.05) is 54.6 Å². The second-order valence-corrected chi connectivity index (χ2v) is 11.0. The highest BCUT2D eigenvalue weighted by atomic mass is 19.1. The van der Waals surface area contributed by atoms with Crippen LogP contribution in [0.15, 0.2) is 78.9 Å². The zero-order valence-electron chi connectivity index (χ0n) is 23.5. The molecule has 0 aliphatic carbocycles. The van der Waals surface area contributed by atoms with Crippen LogP contribution >= 0.6 is 0 Å². The van der Waals surface area contributed by atoms with E-state index in [1.165, 1.54) is 11.6 Å². The van der Waals surface area contributed by atoms with Gasteiger partial charge in [-0.3, -0.25) is 9.80 Å². The molecule has 212 valence electrons. The summed E-state index contributed by atoms with van der Waals surface area (Å²) in [5.74, 6) is 1.09. The van der Waals surface area contributed by atoms with Crippen molar-refractivity contribution in [3.05, 3.63) is 101 Å². The van der Waals surface area contributed by atoms with Crippen LogP contribution < -0.4 is 4.74 Å². The summed E-state index contributed by atoms with van der Waals surface area (Å²) < 4.78 is 25.3. The lowest BCUT2D eigenvalue weighted by Crippen LogP contribution is -2.56. The molecule has 3 aromatic carbocycles. The van der Waals surface area contributed by atoms with Gasteiger partial charge in [0.05, 0.1) is 7.11 Å². The highest BCUT2D eigenvalue weighted by Crippen LogP contribution is 2.38. The first-order valence-electron chi connectivity index (χ1n) is 14.3. The maximum atomic E-state index is 14.4. The molecule has 6 nitrogen and oxygen atoms in total. The molecule has 0 saturated carbocycles. The van der Waals surface area contributed by atoms with Crippen molar-refractivity contribution < 1.29 is 18.7 Å². The fourth-order valence-electron chi connectivity index (χ4n) is 6.20. The lowest BCUT2D eigenvalue weighted by Gasteiger charge is -2.47. The van der Waals surface area contributed by atoms with E-state index in [1.54, 1.807) is 13.2 Å². The lowest BCUT2D eigenvalue weighted by atomic mass is 9.83. The van der Waals surface area contributed by atoms with E-state index in [4.69, 9.17) is 9.47 Å². The van der Waals surface area contributed by atoms with Crippen molar-refractivity contribution in [2.24, 2.45) is 5.92 Å². The predicted octanol–water partition coefficient (Wildman–Crippen LogP) is 6.13. The number of hydrogen-bond acceptors (Lipinski definition) is 5. The smallest absolute Gasteiger partial charge is 0.410 e. The number of methoxy groups -OCH3 is 1. The standard InChI is InChI=1S/C33H40FN3O3/c1-25-22-36(33(38)40-24-27-7-4-3-5-8-27)19-20-37(25)32(29-9-6-10-30(34)21-29)28-15-17-35(18-16-28)23-26-11-13-31(39-2)14-12-26/h3-14,21,25,28,32H,15-20,22-24H2,1-2H3/t25?,32-/m1/s1. The molecule has 0 aromatic heterocycles. The first-order valence-corrected chi connectivity index (χ1v) is 14.3. The minimum absolute atomic E-state index is 0.108. The predicted molar refractivity (Wildman–Crippen MR) is 155 cm³/mol. The minimum atomic E-state index is -0.274. The minimum Gasteiger partial charge on any atom is -0.497 e. The van der Waals surface area contributed by atoms with Gasteiger partial charge in [-0.25, -0.2) is 9.18 Å². The van der Waals surface area contributed by atoms with Crippen molar-refractivity contribution in [2.45, 2.75) is 45.0 Å². The molecular formula is C33H40FN3O3. The molecule has 2 atom stereocenters.